The molecule has 0 fully saturated rings. The molecule has 5 nitrogen and oxygen atoms in total. The Morgan fingerprint density at radius 2 is 1.86 bits per heavy atom. The summed E-state index contributed by atoms with van der Waals surface area (Å²) in [6.07, 6.45) is -6.39. The van der Waals surface area contributed by atoms with Crippen LogP contribution in [0.15, 0.2) is 0 Å². The highest BCUT2D eigenvalue weighted by Gasteiger charge is 2.42. The number of alkyl halides is 3. The molecule has 14 heavy (non-hydrogen) atoms. The zero-order valence-corrected chi connectivity index (χ0v) is 7.25. The molecule has 0 bridgehead atoms. The molecule has 0 aliphatic heterocycles. The van der Waals surface area contributed by atoms with Crippen LogP contribution in [-0.4, -0.2) is 41.8 Å². The molecule has 0 aliphatic rings. The molecule has 0 aromatic carbocycles. The molecule has 0 saturated carbocycles. The maximum absolute atomic E-state index is 11.4. The molecule has 1 atom stereocenters. The Hall–Kier alpha value is -0.860. The second kappa shape index (κ2) is 7.54. The van der Waals surface area contributed by atoms with Crippen molar-refractivity contribution in [2.24, 2.45) is 0 Å². The minimum Gasteiger partial charge on any atom is -0.428 e. The summed E-state index contributed by atoms with van der Waals surface area (Å²) in [5.74, 6) is -2.34. The summed E-state index contributed by atoms with van der Waals surface area (Å²) >= 11 is 0. The highest BCUT2D eigenvalue weighted by Crippen LogP contribution is 2.16. The Balaban J connectivity index is 0. The van der Waals surface area contributed by atoms with Crippen LogP contribution in [0.2, 0.25) is 0 Å². The van der Waals surface area contributed by atoms with E-state index in [4.69, 9.17) is 10.2 Å². The number of aliphatic hydroxyl groups excluding tert-OH is 2. The number of carbonyl (C=O) groups excluding carboxylic acids is 1. The summed E-state index contributed by atoms with van der Waals surface area (Å²) < 4.78 is 37.7. The number of rotatable bonds is 2. The van der Waals surface area contributed by atoms with Gasteiger partial charge in [0.05, 0.1) is 0 Å². The van der Waals surface area contributed by atoms with E-state index in [2.05, 4.69) is 17.4 Å². The van der Waals surface area contributed by atoms with Crippen molar-refractivity contribution in [1.29, 1.82) is 0 Å². The van der Waals surface area contributed by atoms with E-state index in [9.17, 15) is 18.0 Å². The fraction of sp³-hybridized carbons (Fsp3) is 0.667. The van der Waals surface area contributed by atoms with E-state index in [0.29, 0.717) is 0 Å². The highest BCUT2D eigenvalue weighted by atomic mass is 19.4. The van der Waals surface area contributed by atoms with Crippen LogP contribution in [0, 0.1) is 6.92 Å². The van der Waals surface area contributed by atoms with Crippen LogP contribution in [0.3, 0.4) is 0 Å². The van der Waals surface area contributed by atoms with Crippen LogP contribution in [0.1, 0.15) is 0 Å². The van der Waals surface area contributed by atoms with Crippen molar-refractivity contribution in [3.8, 4) is 0 Å². The monoisotopic (exact) mass is 219 g/mol. The number of aliphatic hydroxyl groups is 2. The second-order valence-electron chi connectivity index (χ2n) is 1.93. The smallest absolute Gasteiger partial charge is 0.428 e. The number of ether oxygens (including phenoxy) is 1. The van der Waals surface area contributed by atoms with Gasteiger partial charge in [0, 0.05) is 0 Å². The van der Waals surface area contributed by atoms with Crippen molar-refractivity contribution >= 4 is 5.97 Å². The lowest BCUT2D eigenvalue weighted by molar-refractivity contribution is -0.487. The number of esters is 1. The maximum atomic E-state index is 11.4. The molecule has 0 rings (SSSR count). The number of hydrogen-bond donors (Lipinski definition) is 3. The van der Waals surface area contributed by atoms with Gasteiger partial charge in [-0.1, -0.05) is 6.61 Å². The Morgan fingerprint density at radius 3 is 2.07 bits per heavy atom. The van der Waals surface area contributed by atoms with Crippen molar-refractivity contribution in [3.05, 3.63) is 6.92 Å². The Labute approximate surface area is 78.3 Å². The third-order valence-electron chi connectivity index (χ3n) is 0.709. The van der Waals surface area contributed by atoms with Crippen LogP contribution in [0.4, 0.5) is 13.2 Å². The van der Waals surface area contributed by atoms with Gasteiger partial charge in [-0.3, -0.25) is 0 Å². The molecule has 0 amide bonds. The van der Waals surface area contributed by atoms with E-state index in [0.717, 1.165) is 0 Å². The van der Waals surface area contributed by atoms with Crippen molar-refractivity contribution in [3.63, 3.8) is 0 Å². The van der Waals surface area contributed by atoms with E-state index < -0.39 is 25.0 Å². The molecule has 0 aromatic rings. The van der Waals surface area contributed by atoms with E-state index in [1.165, 1.54) is 0 Å². The van der Waals surface area contributed by atoms with E-state index in [-0.39, 0.29) is 6.61 Å². The molecule has 0 spiro atoms. The average molecular weight is 219 g/mol. The normalized spacial score (nSPS) is 12.5. The van der Waals surface area contributed by atoms with Crippen molar-refractivity contribution in [2.75, 3.05) is 13.2 Å². The molecule has 1 unspecified atom stereocenters. The Morgan fingerprint density at radius 1 is 1.50 bits per heavy atom. The first kappa shape index (κ1) is 15.6. The number of hydrogen-bond acceptors (Lipinski definition) is 4. The highest BCUT2D eigenvalue weighted by molar-refractivity contribution is 5.75. The largest absolute Gasteiger partial charge is 0.491 e. The van der Waals surface area contributed by atoms with Crippen LogP contribution < -0.4 is 5.73 Å². The zero-order chi connectivity index (χ0) is 11.8. The third-order valence-corrected chi connectivity index (χ3v) is 0.709. The standard InChI is InChI=1S/C4H6F3NO3.C2H5O/c5-4(6,7)3(10)11-2(8)1-9;1-2-3/h2,9H,1,8H2;3H,1-2H2/q;-1/p+1. The molecule has 0 aromatic heterocycles. The summed E-state index contributed by atoms with van der Waals surface area (Å²) in [7, 11) is 0. The van der Waals surface area contributed by atoms with Gasteiger partial charge in [-0.2, -0.15) is 13.2 Å². The minimum absolute atomic E-state index is 0. The van der Waals surface area contributed by atoms with Gasteiger partial charge in [-0.25, -0.2) is 4.79 Å². The quantitative estimate of drug-likeness (QED) is 0.298. The summed E-state index contributed by atoms with van der Waals surface area (Å²) in [6.45, 7) is 2.31. The lowest BCUT2D eigenvalue weighted by Crippen LogP contribution is -2.65. The minimum atomic E-state index is -5.02. The van der Waals surface area contributed by atoms with E-state index in [1.54, 1.807) is 0 Å². The molecule has 0 aliphatic carbocycles. The van der Waals surface area contributed by atoms with Crippen molar-refractivity contribution in [1.82, 2.24) is 0 Å². The van der Waals surface area contributed by atoms with Crippen LogP contribution >= 0.6 is 0 Å². The fourth-order valence-corrected chi connectivity index (χ4v) is 0.255. The van der Waals surface area contributed by atoms with Crippen LogP contribution in [-0.2, 0) is 9.53 Å². The molecule has 8 heteroatoms. The van der Waals surface area contributed by atoms with Crippen LogP contribution in [0.5, 0.6) is 0 Å². The topological polar surface area (TPSA) is 94.4 Å². The zero-order valence-electron chi connectivity index (χ0n) is 7.25. The van der Waals surface area contributed by atoms with Gasteiger partial charge in [-0.05, 0) is 0 Å². The van der Waals surface area contributed by atoms with Gasteiger partial charge in [0.1, 0.15) is 6.61 Å². The van der Waals surface area contributed by atoms with E-state index >= 15 is 0 Å². The number of carbonyl (C=O) groups is 1. The van der Waals surface area contributed by atoms with Crippen LogP contribution in [0.25, 0.3) is 0 Å². The van der Waals surface area contributed by atoms with E-state index in [1.807, 2.05) is 0 Å². The lowest BCUT2D eigenvalue weighted by Gasteiger charge is -2.08. The number of quaternary nitrogens is 1. The molecular weight excluding hydrogens is 207 g/mol. The molecule has 0 heterocycles. The Bertz CT molecular complexity index is 162. The fourth-order valence-electron chi connectivity index (χ4n) is 0.255. The molecule has 5 N–H and O–H groups in total. The van der Waals surface area contributed by atoms with Gasteiger partial charge in [0.25, 0.3) is 6.23 Å². The molecule has 86 valence electrons. The predicted molar refractivity (Wildman–Crippen MR) is 38.4 cm³/mol. The lowest BCUT2D eigenvalue weighted by atomic mass is 10.6. The first-order chi connectivity index (χ1) is 6.29. The SMILES string of the molecule is [CH2-]CO.[NH3+]C(CO)OC(=O)C(F)(F)F. The predicted octanol–water partition coefficient (Wildman–Crippen LogP) is -1.54. The first-order valence-electron chi connectivity index (χ1n) is 3.41. The third kappa shape index (κ3) is 9.23. The maximum Gasteiger partial charge on any atom is 0.491 e. The summed E-state index contributed by atoms with van der Waals surface area (Å²) in [5.41, 5.74) is 2.92. The summed E-state index contributed by atoms with van der Waals surface area (Å²) in [5, 5.41) is 15.6. The first-order valence-corrected chi connectivity index (χ1v) is 3.41. The number of halogens is 3. The molecular formula is C6H12F3NO4. The van der Waals surface area contributed by atoms with Gasteiger partial charge >= 0.3 is 12.1 Å². The molecule has 0 saturated heterocycles. The summed E-state index contributed by atoms with van der Waals surface area (Å²) in [6, 6.07) is 0. The average Bonchev–Trinajstić information content (AvgIpc) is 2.03. The van der Waals surface area contributed by atoms with Crippen molar-refractivity contribution < 1.29 is 38.6 Å². The van der Waals surface area contributed by atoms with Gasteiger partial charge < -0.3 is 27.6 Å². The Kier molecular flexibility index (Phi) is 8.40. The second-order valence-corrected chi connectivity index (χ2v) is 1.93. The van der Waals surface area contributed by atoms with Crippen molar-refractivity contribution in [2.45, 2.75) is 12.4 Å². The van der Waals surface area contributed by atoms with Gasteiger partial charge in [-0.15, -0.1) is 0 Å². The summed E-state index contributed by atoms with van der Waals surface area (Å²) in [4.78, 5) is 9.94. The molecule has 0 radical (unpaired) electrons. The van der Waals surface area contributed by atoms with Gasteiger partial charge in [0.15, 0.2) is 0 Å². The van der Waals surface area contributed by atoms with Gasteiger partial charge in [0.2, 0.25) is 0 Å².